The minimum atomic E-state index is -4.32. The van der Waals surface area contributed by atoms with Gasteiger partial charge >= 0.3 is 6.18 Å². The van der Waals surface area contributed by atoms with Gasteiger partial charge in [0.1, 0.15) is 5.69 Å². The molecule has 0 unspecified atom stereocenters. The molecule has 0 saturated carbocycles. The van der Waals surface area contributed by atoms with Crippen LogP contribution in [0.3, 0.4) is 0 Å². The number of halogens is 3. The standard InChI is InChI=1S/C12H10F3N/c1-8-2-4-9(5-3-8)10-6-7-11(16-10)12(13,14)15/h2-7,16H,1H3. The average Bonchev–Trinajstić information content (AvgIpc) is 2.67. The summed E-state index contributed by atoms with van der Waals surface area (Å²) in [5, 5.41) is 0. The van der Waals surface area contributed by atoms with E-state index >= 15 is 0 Å². The van der Waals surface area contributed by atoms with Crippen LogP contribution in [0.4, 0.5) is 13.2 Å². The Balaban J connectivity index is 2.35. The topological polar surface area (TPSA) is 15.8 Å². The van der Waals surface area contributed by atoms with Crippen molar-refractivity contribution in [3.63, 3.8) is 0 Å². The molecule has 84 valence electrons. The zero-order valence-electron chi connectivity index (χ0n) is 8.60. The number of H-pyrrole nitrogens is 1. The largest absolute Gasteiger partial charge is 0.431 e. The Morgan fingerprint density at radius 3 is 2.06 bits per heavy atom. The molecule has 1 nitrogen and oxygen atoms in total. The Labute approximate surface area is 90.9 Å². The molecular weight excluding hydrogens is 215 g/mol. The van der Waals surface area contributed by atoms with Crippen LogP contribution in [0.5, 0.6) is 0 Å². The number of aromatic amines is 1. The molecule has 0 radical (unpaired) electrons. The minimum Gasteiger partial charge on any atom is -0.351 e. The summed E-state index contributed by atoms with van der Waals surface area (Å²) < 4.78 is 37.0. The van der Waals surface area contributed by atoms with Gasteiger partial charge in [-0.2, -0.15) is 13.2 Å². The predicted molar refractivity (Wildman–Crippen MR) is 56.0 cm³/mol. The van der Waals surface area contributed by atoms with Gasteiger partial charge in [-0.05, 0) is 24.6 Å². The molecule has 4 heteroatoms. The highest BCUT2D eigenvalue weighted by atomic mass is 19.4. The van der Waals surface area contributed by atoms with Gasteiger partial charge in [-0.15, -0.1) is 0 Å². The summed E-state index contributed by atoms with van der Waals surface area (Å²) in [5.74, 6) is 0. The molecule has 0 aliphatic heterocycles. The highest BCUT2D eigenvalue weighted by Crippen LogP contribution is 2.30. The summed E-state index contributed by atoms with van der Waals surface area (Å²) in [7, 11) is 0. The van der Waals surface area contributed by atoms with Crippen LogP contribution in [0.25, 0.3) is 11.3 Å². The van der Waals surface area contributed by atoms with Gasteiger partial charge in [0.2, 0.25) is 0 Å². The quantitative estimate of drug-likeness (QED) is 0.754. The zero-order valence-corrected chi connectivity index (χ0v) is 8.60. The fourth-order valence-corrected chi connectivity index (χ4v) is 1.46. The molecular formula is C12H10F3N. The lowest BCUT2D eigenvalue weighted by Crippen LogP contribution is -2.04. The lowest BCUT2D eigenvalue weighted by molar-refractivity contribution is -0.140. The monoisotopic (exact) mass is 225 g/mol. The van der Waals surface area contributed by atoms with E-state index < -0.39 is 11.9 Å². The molecule has 1 aromatic heterocycles. The third-order valence-corrected chi connectivity index (χ3v) is 2.35. The Morgan fingerprint density at radius 2 is 1.56 bits per heavy atom. The Hall–Kier alpha value is -1.71. The number of hydrogen-bond acceptors (Lipinski definition) is 0. The van der Waals surface area contributed by atoms with E-state index in [1.165, 1.54) is 6.07 Å². The maximum Gasteiger partial charge on any atom is 0.431 e. The normalized spacial score (nSPS) is 11.8. The maximum absolute atomic E-state index is 12.3. The zero-order chi connectivity index (χ0) is 11.8. The molecule has 0 aliphatic rings. The van der Waals surface area contributed by atoms with Crippen LogP contribution in [0.1, 0.15) is 11.3 Å². The van der Waals surface area contributed by atoms with Crippen molar-refractivity contribution < 1.29 is 13.2 Å². The van der Waals surface area contributed by atoms with E-state index in [2.05, 4.69) is 4.98 Å². The van der Waals surface area contributed by atoms with Crippen molar-refractivity contribution in [3.8, 4) is 11.3 Å². The summed E-state index contributed by atoms with van der Waals surface area (Å²) in [6.07, 6.45) is -4.32. The number of aromatic nitrogens is 1. The molecule has 1 N–H and O–H groups in total. The van der Waals surface area contributed by atoms with E-state index in [9.17, 15) is 13.2 Å². The fraction of sp³-hybridized carbons (Fsp3) is 0.167. The lowest BCUT2D eigenvalue weighted by Gasteiger charge is -2.03. The van der Waals surface area contributed by atoms with Crippen LogP contribution < -0.4 is 0 Å². The van der Waals surface area contributed by atoms with E-state index in [-0.39, 0.29) is 0 Å². The fourth-order valence-electron chi connectivity index (χ4n) is 1.46. The van der Waals surface area contributed by atoms with E-state index in [4.69, 9.17) is 0 Å². The second-order valence-electron chi connectivity index (χ2n) is 3.65. The summed E-state index contributed by atoms with van der Waals surface area (Å²) >= 11 is 0. The second-order valence-corrected chi connectivity index (χ2v) is 3.65. The van der Waals surface area contributed by atoms with Crippen LogP contribution in [0.15, 0.2) is 36.4 Å². The number of benzene rings is 1. The predicted octanol–water partition coefficient (Wildman–Crippen LogP) is 4.01. The molecule has 2 rings (SSSR count). The van der Waals surface area contributed by atoms with Gasteiger partial charge in [-0.3, -0.25) is 0 Å². The van der Waals surface area contributed by atoms with E-state index in [1.54, 1.807) is 12.1 Å². The number of nitrogens with one attached hydrogen (secondary N) is 1. The van der Waals surface area contributed by atoms with E-state index in [0.717, 1.165) is 17.2 Å². The molecule has 0 fully saturated rings. The number of rotatable bonds is 1. The Morgan fingerprint density at radius 1 is 0.938 bits per heavy atom. The molecule has 0 aliphatic carbocycles. The number of alkyl halides is 3. The summed E-state index contributed by atoms with van der Waals surface area (Å²) in [6.45, 7) is 1.93. The first-order valence-electron chi connectivity index (χ1n) is 4.80. The van der Waals surface area contributed by atoms with Gasteiger partial charge in [0.15, 0.2) is 0 Å². The van der Waals surface area contributed by atoms with E-state index in [1.807, 2.05) is 19.1 Å². The SMILES string of the molecule is Cc1ccc(-c2ccc(C(F)(F)F)[nH]2)cc1. The van der Waals surface area contributed by atoms with Crippen molar-refractivity contribution in [1.29, 1.82) is 0 Å². The molecule has 16 heavy (non-hydrogen) atoms. The van der Waals surface area contributed by atoms with Crippen molar-refractivity contribution in [2.75, 3.05) is 0 Å². The van der Waals surface area contributed by atoms with E-state index in [0.29, 0.717) is 5.69 Å². The number of aryl methyl sites for hydroxylation is 1. The first kappa shape index (κ1) is 10.8. The summed E-state index contributed by atoms with van der Waals surface area (Å²) in [5.41, 5.74) is 1.59. The summed E-state index contributed by atoms with van der Waals surface area (Å²) in [6, 6.07) is 9.80. The first-order chi connectivity index (χ1) is 7.47. The van der Waals surface area contributed by atoms with Crippen LogP contribution in [-0.4, -0.2) is 4.98 Å². The molecule has 1 aromatic carbocycles. The minimum absolute atomic E-state index is 0.479. The molecule has 2 aromatic rings. The molecule has 0 amide bonds. The highest BCUT2D eigenvalue weighted by molar-refractivity contribution is 5.60. The van der Waals surface area contributed by atoms with Gasteiger partial charge in [0.25, 0.3) is 0 Å². The molecule has 0 bridgehead atoms. The van der Waals surface area contributed by atoms with Gasteiger partial charge in [-0.1, -0.05) is 29.8 Å². The Kier molecular flexibility index (Phi) is 2.50. The van der Waals surface area contributed by atoms with Crippen LogP contribution in [0.2, 0.25) is 0 Å². The molecule has 0 saturated heterocycles. The third-order valence-electron chi connectivity index (χ3n) is 2.35. The maximum atomic E-state index is 12.3. The van der Waals surface area contributed by atoms with Gasteiger partial charge in [-0.25, -0.2) is 0 Å². The van der Waals surface area contributed by atoms with Gasteiger partial charge in [0.05, 0.1) is 0 Å². The van der Waals surface area contributed by atoms with Gasteiger partial charge in [0, 0.05) is 5.69 Å². The average molecular weight is 225 g/mol. The molecule has 0 atom stereocenters. The van der Waals surface area contributed by atoms with Crippen LogP contribution >= 0.6 is 0 Å². The van der Waals surface area contributed by atoms with Crippen LogP contribution in [0, 0.1) is 6.92 Å². The van der Waals surface area contributed by atoms with Crippen molar-refractivity contribution >= 4 is 0 Å². The molecule has 0 spiro atoms. The summed E-state index contributed by atoms with van der Waals surface area (Å²) in [4.78, 5) is 2.36. The first-order valence-corrected chi connectivity index (χ1v) is 4.80. The third kappa shape index (κ3) is 2.10. The van der Waals surface area contributed by atoms with Crippen molar-refractivity contribution in [1.82, 2.24) is 4.98 Å². The molecule has 1 heterocycles. The van der Waals surface area contributed by atoms with Gasteiger partial charge < -0.3 is 4.98 Å². The van der Waals surface area contributed by atoms with Crippen molar-refractivity contribution in [3.05, 3.63) is 47.7 Å². The van der Waals surface area contributed by atoms with Crippen molar-refractivity contribution in [2.24, 2.45) is 0 Å². The highest BCUT2D eigenvalue weighted by Gasteiger charge is 2.32. The Bertz CT molecular complexity index is 480. The number of hydrogen-bond donors (Lipinski definition) is 1. The van der Waals surface area contributed by atoms with Crippen LogP contribution in [-0.2, 0) is 6.18 Å². The smallest absolute Gasteiger partial charge is 0.351 e. The van der Waals surface area contributed by atoms with Crippen molar-refractivity contribution in [2.45, 2.75) is 13.1 Å². The second kappa shape index (κ2) is 3.70. The lowest BCUT2D eigenvalue weighted by atomic mass is 10.1.